The molecule has 0 bridgehead atoms. The van der Waals surface area contributed by atoms with E-state index in [0.717, 1.165) is 0 Å². The fourth-order valence-electron chi connectivity index (χ4n) is 0.284. The average molecular weight is 181 g/mol. The zero-order valence-electron chi connectivity index (χ0n) is 6.09. The maximum absolute atomic E-state index is 10.3. The summed E-state index contributed by atoms with van der Waals surface area (Å²) in [5.41, 5.74) is 0. The van der Waals surface area contributed by atoms with Crippen LogP contribution >= 0.6 is 0 Å². The molecule has 0 fully saturated rings. The van der Waals surface area contributed by atoms with Crippen LogP contribution in [0.3, 0.4) is 0 Å². The van der Waals surface area contributed by atoms with Crippen molar-refractivity contribution in [1.82, 2.24) is 0 Å². The summed E-state index contributed by atoms with van der Waals surface area (Å²) in [7, 11) is 0. The maximum atomic E-state index is 10.3. The van der Waals surface area contributed by atoms with Crippen LogP contribution in [0.4, 0.5) is 0 Å². The Bertz CT molecular complexity index is 122. The van der Waals surface area contributed by atoms with Crippen LogP contribution in [0.25, 0.3) is 0 Å². The molecule has 0 rings (SSSR count). The first-order valence-corrected chi connectivity index (χ1v) is 2.82. The van der Waals surface area contributed by atoms with Crippen LogP contribution in [0.5, 0.6) is 0 Å². The second-order valence-electron chi connectivity index (χ2n) is 1.72. The van der Waals surface area contributed by atoms with Gasteiger partial charge in [-0.25, -0.2) is 0 Å². The Labute approximate surface area is 72.0 Å². The SMILES string of the molecule is CCC(=O)OCC(C)=O.[V]. The molecule has 0 amide bonds. The average Bonchev–Trinajstić information content (AvgIpc) is 1.83. The van der Waals surface area contributed by atoms with E-state index in [1.807, 2.05) is 0 Å². The van der Waals surface area contributed by atoms with Gasteiger partial charge in [-0.1, -0.05) is 6.92 Å². The van der Waals surface area contributed by atoms with Crippen LogP contribution in [0, 0.1) is 0 Å². The zero-order chi connectivity index (χ0) is 7.28. The van der Waals surface area contributed by atoms with E-state index in [1.54, 1.807) is 6.92 Å². The molecular formula is C6H10O3V. The molecule has 1 radical (unpaired) electrons. The number of hydrogen-bond donors (Lipinski definition) is 0. The number of Topliss-reactive ketones (excluding diaryl/α,β-unsaturated/α-hetero) is 1. The molecule has 4 heteroatoms. The first-order valence-electron chi connectivity index (χ1n) is 2.82. The van der Waals surface area contributed by atoms with Crippen LogP contribution < -0.4 is 0 Å². The van der Waals surface area contributed by atoms with E-state index in [9.17, 15) is 9.59 Å². The van der Waals surface area contributed by atoms with Crippen LogP contribution in [-0.2, 0) is 32.9 Å². The number of rotatable bonds is 3. The van der Waals surface area contributed by atoms with Crippen molar-refractivity contribution >= 4 is 11.8 Å². The van der Waals surface area contributed by atoms with E-state index in [1.165, 1.54) is 6.92 Å². The molecule has 57 valence electrons. The predicted molar refractivity (Wildman–Crippen MR) is 31.9 cm³/mol. The van der Waals surface area contributed by atoms with Gasteiger partial charge < -0.3 is 4.74 Å². The molecule has 0 saturated heterocycles. The molecule has 0 aromatic heterocycles. The van der Waals surface area contributed by atoms with Crippen molar-refractivity contribution < 1.29 is 32.9 Å². The van der Waals surface area contributed by atoms with E-state index in [-0.39, 0.29) is 36.9 Å². The van der Waals surface area contributed by atoms with Gasteiger partial charge in [-0.2, -0.15) is 0 Å². The van der Waals surface area contributed by atoms with Crippen LogP contribution in [0.2, 0.25) is 0 Å². The zero-order valence-corrected chi connectivity index (χ0v) is 7.48. The van der Waals surface area contributed by atoms with Crippen molar-refractivity contribution in [3.05, 3.63) is 0 Å². The second-order valence-corrected chi connectivity index (χ2v) is 1.72. The topological polar surface area (TPSA) is 43.4 Å². The number of esters is 1. The van der Waals surface area contributed by atoms with Crippen molar-refractivity contribution in [2.75, 3.05) is 6.61 Å². The Morgan fingerprint density at radius 1 is 1.40 bits per heavy atom. The van der Waals surface area contributed by atoms with E-state index >= 15 is 0 Å². The molecule has 0 atom stereocenters. The molecule has 0 N–H and O–H groups in total. The number of ketones is 1. The molecule has 0 aromatic rings. The van der Waals surface area contributed by atoms with Crippen LogP contribution in [-0.4, -0.2) is 18.4 Å². The normalized spacial score (nSPS) is 7.80. The number of ether oxygens (including phenoxy) is 1. The molecule has 10 heavy (non-hydrogen) atoms. The molecule has 3 nitrogen and oxygen atoms in total. The molecular weight excluding hydrogens is 171 g/mol. The van der Waals surface area contributed by atoms with Crippen LogP contribution in [0.15, 0.2) is 0 Å². The number of carbonyl (C=O) groups is 2. The minimum absolute atomic E-state index is 0. The summed E-state index contributed by atoms with van der Waals surface area (Å²) in [6, 6.07) is 0. The standard InChI is InChI=1S/C6H10O3.V/c1-3-6(8)9-4-5(2)7;/h3-4H2,1-2H3;. The fraction of sp³-hybridized carbons (Fsp3) is 0.667. The first kappa shape index (κ1) is 12.4. The third-order valence-electron chi connectivity index (χ3n) is 0.725. The van der Waals surface area contributed by atoms with Gasteiger partial charge in [0.1, 0.15) is 6.61 Å². The Hall–Kier alpha value is -0.276. The Morgan fingerprint density at radius 3 is 2.20 bits per heavy atom. The predicted octanol–water partition coefficient (Wildman–Crippen LogP) is 0.526. The van der Waals surface area contributed by atoms with Gasteiger partial charge in [-0.3, -0.25) is 9.59 Å². The van der Waals surface area contributed by atoms with E-state index < -0.39 is 0 Å². The Morgan fingerprint density at radius 2 is 1.90 bits per heavy atom. The fourth-order valence-corrected chi connectivity index (χ4v) is 0.284. The van der Waals surface area contributed by atoms with Crippen molar-refractivity contribution in [2.24, 2.45) is 0 Å². The second kappa shape index (κ2) is 6.84. The van der Waals surface area contributed by atoms with Gasteiger partial charge in [-0.15, -0.1) is 0 Å². The van der Waals surface area contributed by atoms with Gasteiger partial charge in [0.15, 0.2) is 5.78 Å². The van der Waals surface area contributed by atoms with Gasteiger partial charge in [0.2, 0.25) is 0 Å². The molecule has 0 saturated carbocycles. The molecule has 0 heterocycles. The summed E-state index contributed by atoms with van der Waals surface area (Å²) >= 11 is 0. The minimum Gasteiger partial charge on any atom is -0.458 e. The molecule has 0 aliphatic heterocycles. The van der Waals surface area contributed by atoms with Crippen LogP contribution in [0.1, 0.15) is 20.3 Å². The van der Waals surface area contributed by atoms with Gasteiger partial charge in [0.25, 0.3) is 0 Å². The van der Waals surface area contributed by atoms with Gasteiger partial charge >= 0.3 is 5.97 Å². The van der Waals surface area contributed by atoms with E-state index in [2.05, 4.69) is 4.74 Å². The number of hydrogen-bond acceptors (Lipinski definition) is 3. The quantitative estimate of drug-likeness (QED) is 0.596. The minimum atomic E-state index is -0.329. The molecule has 0 spiro atoms. The number of carbonyl (C=O) groups excluding carboxylic acids is 2. The van der Waals surface area contributed by atoms with Crippen molar-refractivity contribution in [3.8, 4) is 0 Å². The Balaban J connectivity index is 0. The maximum Gasteiger partial charge on any atom is 0.305 e. The third kappa shape index (κ3) is 7.72. The Kier molecular flexibility index (Phi) is 8.48. The van der Waals surface area contributed by atoms with Crippen molar-refractivity contribution in [1.29, 1.82) is 0 Å². The van der Waals surface area contributed by atoms with Crippen molar-refractivity contribution in [3.63, 3.8) is 0 Å². The van der Waals surface area contributed by atoms with Gasteiger partial charge in [0.05, 0.1) is 0 Å². The first-order chi connectivity index (χ1) is 4.16. The monoisotopic (exact) mass is 181 g/mol. The van der Waals surface area contributed by atoms with E-state index in [4.69, 9.17) is 0 Å². The summed E-state index contributed by atoms with van der Waals surface area (Å²) in [6.45, 7) is 2.97. The van der Waals surface area contributed by atoms with Gasteiger partial charge in [0, 0.05) is 25.0 Å². The summed E-state index contributed by atoms with van der Waals surface area (Å²) < 4.78 is 4.46. The van der Waals surface area contributed by atoms with Gasteiger partial charge in [-0.05, 0) is 6.92 Å². The molecule has 0 aromatic carbocycles. The van der Waals surface area contributed by atoms with Crippen molar-refractivity contribution in [2.45, 2.75) is 20.3 Å². The third-order valence-corrected chi connectivity index (χ3v) is 0.725. The smallest absolute Gasteiger partial charge is 0.305 e. The summed E-state index contributed by atoms with van der Waals surface area (Å²) in [6.07, 6.45) is 0.327. The van der Waals surface area contributed by atoms with E-state index in [0.29, 0.717) is 6.42 Å². The largest absolute Gasteiger partial charge is 0.458 e. The molecule has 0 unspecified atom stereocenters. The summed E-state index contributed by atoms with van der Waals surface area (Å²) in [4.78, 5) is 20.5. The molecule has 0 aliphatic rings. The molecule has 0 aliphatic carbocycles. The summed E-state index contributed by atoms with van der Waals surface area (Å²) in [5.74, 6) is -0.456. The summed E-state index contributed by atoms with van der Waals surface area (Å²) in [5, 5.41) is 0.